The van der Waals surface area contributed by atoms with Gasteiger partial charge in [-0.2, -0.15) is 17.0 Å². The summed E-state index contributed by atoms with van der Waals surface area (Å²) < 4.78 is 28.4. The molecular weight excluding hydrogens is 262 g/mol. The number of likely N-dealkylation sites (N-methyl/N-ethyl adjacent to an activating group) is 1. The van der Waals surface area contributed by atoms with Gasteiger partial charge < -0.3 is 5.32 Å². The summed E-state index contributed by atoms with van der Waals surface area (Å²) in [5, 5.41) is 3.28. The Morgan fingerprint density at radius 1 is 1.37 bits per heavy atom. The molecule has 0 aliphatic carbocycles. The molecule has 6 heteroatoms. The summed E-state index contributed by atoms with van der Waals surface area (Å²) in [5.74, 6) is 0.344. The third-order valence-electron chi connectivity index (χ3n) is 3.52. The zero-order valence-corrected chi connectivity index (χ0v) is 13.5. The Hall–Kier alpha value is -0.170. The number of rotatable bonds is 7. The van der Waals surface area contributed by atoms with Crippen LogP contribution in [0, 0.1) is 5.92 Å². The van der Waals surface area contributed by atoms with Crippen molar-refractivity contribution in [1.82, 2.24) is 13.9 Å². The van der Waals surface area contributed by atoms with Gasteiger partial charge in [0.25, 0.3) is 10.2 Å². The van der Waals surface area contributed by atoms with Crippen LogP contribution in [0.5, 0.6) is 0 Å². The molecule has 1 rings (SSSR count). The number of piperidine rings is 1. The summed E-state index contributed by atoms with van der Waals surface area (Å²) in [6.07, 6.45) is 3.05. The average Bonchev–Trinajstić information content (AvgIpc) is 2.35. The lowest BCUT2D eigenvalue weighted by Gasteiger charge is -2.37. The third-order valence-corrected chi connectivity index (χ3v) is 5.53. The largest absolute Gasteiger partial charge is 0.315 e. The van der Waals surface area contributed by atoms with Crippen LogP contribution in [0.4, 0.5) is 0 Å². The van der Waals surface area contributed by atoms with E-state index in [4.69, 9.17) is 0 Å². The Morgan fingerprint density at radius 3 is 2.63 bits per heavy atom. The first-order valence-electron chi connectivity index (χ1n) is 7.33. The van der Waals surface area contributed by atoms with Crippen molar-refractivity contribution in [2.45, 2.75) is 46.1 Å². The van der Waals surface area contributed by atoms with Crippen molar-refractivity contribution >= 4 is 10.2 Å². The molecule has 1 unspecified atom stereocenters. The van der Waals surface area contributed by atoms with E-state index in [0.29, 0.717) is 19.0 Å². The highest BCUT2D eigenvalue weighted by Gasteiger charge is 2.34. The standard InChI is InChI=1S/C13H29N3O2S/c1-5-14-10-13-8-6-7-9-16(13)19(17,18)15(4)11-12(2)3/h12-14H,5-11H2,1-4H3. The van der Waals surface area contributed by atoms with Gasteiger partial charge in [0.05, 0.1) is 0 Å². The van der Waals surface area contributed by atoms with Gasteiger partial charge in [-0.15, -0.1) is 0 Å². The molecule has 0 aromatic rings. The van der Waals surface area contributed by atoms with Crippen molar-refractivity contribution in [3.05, 3.63) is 0 Å². The zero-order valence-electron chi connectivity index (χ0n) is 12.7. The molecule has 1 N–H and O–H groups in total. The summed E-state index contributed by atoms with van der Waals surface area (Å²) in [5.41, 5.74) is 0. The molecule has 5 nitrogen and oxygen atoms in total. The number of nitrogens with zero attached hydrogens (tertiary/aromatic N) is 2. The Balaban J connectivity index is 2.77. The summed E-state index contributed by atoms with van der Waals surface area (Å²) in [6.45, 7) is 8.99. The molecule has 0 spiro atoms. The summed E-state index contributed by atoms with van der Waals surface area (Å²) in [7, 11) is -1.62. The summed E-state index contributed by atoms with van der Waals surface area (Å²) >= 11 is 0. The molecule has 114 valence electrons. The molecule has 0 saturated carbocycles. The fourth-order valence-corrected chi connectivity index (χ4v) is 4.34. The minimum Gasteiger partial charge on any atom is -0.315 e. The van der Waals surface area contributed by atoms with E-state index in [0.717, 1.165) is 32.4 Å². The molecule has 0 amide bonds. The van der Waals surface area contributed by atoms with Gasteiger partial charge in [-0.1, -0.05) is 27.2 Å². The van der Waals surface area contributed by atoms with Gasteiger partial charge in [-0.25, -0.2) is 0 Å². The van der Waals surface area contributed by atoms with Crippen LogP contribution in [0.1, 0.15) is 40.0 Å². The lowest BCUT2D eigenvalue weighted by molar-refractivity contribution is 0.228. The Bertz CT molecular complexity index is 357. The van der Waals surface area contributed by atoms with Gasteiger partial charge in [-0.3, -0.25) is 0 Å². The van der Waals surface area contributed by atoms with Crippen LogP contribution in [0.15, 0.2) is 0 Å². The average molecular weight is 291 g/mol. The van der Waals surface area contributed by atoms with Crippen molar-refractivity contribution in [2.24, 2.45) is 5.92 Å². The van der Waals surface area contributed by atoms with Crippen molar-refractivity contribution in [2.75, 3.05) is 33.2 Å². The minimum atomic E-state index is -3.31. The van der Waals surface area contributed by atoms with E-state index in [1.807, 2.05) is 20.8 Å². The van der Waals surface area contributed by atoms with Crippen molar-refractivity contribution < 1.29 is 8.42 Å². The molecule has 0 aromatic carbocycles. The second kappa shape index (κ2) is 7.57. The molecular formula is C13H29N3O2S. The van der Waals surface area contributed by atoms with Gasteiger partial charge >= 0.3 is 0 Å². The van der Waals surface area contributed by atoms with Crippen LogP contribution in [-0.4, -0.2) is 56.3 Å². The molecule has 1 heterocycles. The first-order chi connectivity index (χ1) is 8.89. The van der Waals surface area contributed by atoms with Crippen LogP contribution in [0.2, 0.25) is 0 Å². The Labute approximate surface area is 118 Å². The maximum Gasteiger partial charge on any atom is 0.282 e. The SMILES string of the molecule is CCNCC1CCCCN1S(=O)(=O)N(C)CC(C)C. The monoisotopic (exact) mass is 291 g/mol. The van der Waals surface area contributed by atoms with E-state index >= 15 is 0 Å². The second-order valence-electron chi connectivity index (χ2n) is 5.75. The topological polar surface area (TPSA) is 52.7 Å². The van der Waals surface area contributed by atoms with Crippen LogP contribution < -0.4 is 5.32 Å². The Morgan fingerprint density at radius 2 is 2.05 bits per heavy atom. The highest BCUT2D eigenvalue weighted by atomic mass is 32.2. The van der Waals surface area contributed by atoms with Gasteiger partial charge in [0.15, 0.2) is 0 Å². The molecule has 1 fully saturated rings. The lowest BCUT2D eigenvalue weighted by atomic mass is 10.1. The van der Waals surface area contributed by atoms with Crippen LogP contribution in [0.3, 0.4) is 0 Å². The van der Waals surface area contributed by atoms with E-state index in [2.05, 4.69) is 5.32 Å². The maximum atomic E-state index is 12.6. The van der Waals surface area contributed by atoms with Gasteiger partial charge in [-0.05, 0) is 25.3 Å². The minimum absolute atomic E-state index is 0.105. The van der Waals surface area contributed by atoms with Crippen molar-refractivity contribution in [1.29, 1.82) is 0 Å². The smallest absolute Gasteiger partial charge is 0.282 e. The highest BCUT2D eigenvalue weighted by Crippen LogP contribution is 2.22. The zero-order chi connectivity index (χ0) is 14.5. The molecule has 1 atom stereocenters. The number of hydrogen-bond acceptors (Lipinski definition) is 3. The molecule has 1 aliphatic heterocycles. The number of nitrogens with one attached hydrogen (secondary N) is 1. The van der Waals surface area contributed by atoms with E-state index in [1.54, 1.807) is 11.4 Å². The summed E-state index contributed by atoms with van der Waals surface area (Å²) in [4.78, 5) is 0. The Kier molecular flexibility index (Phi) is 6.73. The quantitative estimate of drug-likeness (QED) is 0.769. The maximum absolute atomic E-state index is 12.6. The fraction of sp³-hybridized carbons (Fsp3) is 1.00. The van der Waals surface area contributed by atoms with E-state index in [-0.39, 0.29) is 6.04 Å². The van der Waals surface area contributed by atoms with E-state index < -0.39 is 10.2 Å². The van der Waals surface area contributed by atoms with E-state index in [9.17, 15) is 8.42 Å². The highest BCUT2D eigenvalue weighted by molar-refractivity contribution is 7.86. The summed E-state index contributed by atoms with van der Waals surface area (Å²) in [6, 6.07) is 0.105. The molecule has 1 aliphatic rings. The normalized spacial score (nSPS) is 22.3. The van der Waals surface area contributed by atoms with Crippen LogP contribution in [0.25, 0.3) is 0 Å². The van der Waals surface area contributed by atoms with E-state index in [1.165, 1.54) is 4.31 Å². The second-order valence-corrected chi connectivity index (χ2v) is 7.74. The van der Waals surface area contributed by atoms with Crippen molar-refractivity contribution in [3.63, 3.8) is 0 Å². The molecule has 0 bridgehead atoms. The molecule has 19 heavy (non-hydrogen) atoms. The van der Waals surface area contributed by atoms with Crippen LogP contribution in [-0.2, 0) is 10.2 Å². The lowest BCUT2D eigenvalue weighted by Crippen LogP contribution is -2.53. The molecule has 1 saturated heterocycles. The fourth-order valence-electron chi connectivity index (χ4n) is 2.58. The first kappa shape index (κ1) is 16.9. The predicted octanol–water partition coefficient (Wildman–Crippen LogP) is 1.28. The van der Waals surface area contributed by atoms with Gasteiger partial charge in [0.1, 0.15) is 0 Å². The van der Waals surface area contributed by atoms with Crippen molar-refractivity contribution in [3.8, 4) is 0 Å². The molecule has 0 aromatic heterocycles. The predicted molar refractivity (Wildman–Crippen MR) is 79.3 cm³/mol. The third kappa shape index (κ3) is 4.70. The van der Waals surface area contributed by atoms with Crippen LogP contribution >= 0.6 is 0 Å². The molecule has 0 radical (unpaired) electrons. The first-order valence-corrected chi connectivity index (χ1v) is 8.73. The van der Waals surface area contributed by atoms with Gasteiger partial charge in [0.2, 0.25) is 0 Å². The number of hydrogen-bond donors (Lipinski definition) is 1. The van der Waals surface area contributed by atoms with Gasteiger partial charge in [0, 0.05) is 32.7 Å².